The van der Waals surface area contributed by atoms with Crippen LogP contribution in [0, 0.1) is 0 Å². The Labute approximate surface area is 340 Å². The molecule has 0 saturated carbocycles. The number of hydrogen-bond donors (Lipinski definition) is 0. The number of aromatic nitrogens is 3. The van der Waals surface area contributed by atoms with E-state index in [4.69, 9.17) is 14.7 Å². The van der Waals surface area contributed by atoms with E-state index in [2.05, 4.69) is 179 Å². The third kappa shape index (κ3) is 5.40. The fourth-order valence-corrected chi connectivity index (χ4v) is 8.84. The zero-order valence-corrected chi connectivity index (χ0v) is 31.8. The van der Waals surface area contributed by atoms with E-state index in [0.717, 1.165) is 84.1 Å². The summed E-state index contributed by atoms with van der Waals surface area (Å²) in [4.78, 5) is 12.6. The topological polar surface area (TPSA) is 43.2 Å². The average Bonchev–Trinajstić information content (AvgIpc) is 3.65. The molecule has 0 radical (unpaired) electrons. The number of para-hydroxylation sites is 4. The minimum atomic E-state index is 0.691. The lowest BCUT2D eigenvalue weighted by Gasteiger charge is -2.33. The molecule has 1 aliphatic rings. The molecular formula is C54H34N4O. The van der Waals surface area contributed by atoms with Gasteiger partial charge >= 0.3 is 0 Å². The van der Waals surface area contributed by atoms with Crippen LogP contribution in [0.5, 0.6) is 11.5 Å². The van der Waals surface area contributed by atoms with Gasteiger partial charge in [-0.25, -0.2) is 9.97 Å². The molecule has 0 bridgehead atoms. The van der Waals surface area contributed by atoms with E-state index in [-0.39, 0.29) is 0 Å². The van der Waals surface area contributed by atoms with Crippen molar-refractivity contribution in [1.82, 2.24) is 14.5 Å². The average molecular weight is 755 g/mol. The Bertz CT molecular complexity index is 3430. The third-order valence-corrected chi connectivity index (χ3v) is 11.5. The van der Waals surface area contributed by atoms with E-state index in [1.807, 2.05) is 36.4 Å². The molecule has 276 valence electrons. The summed E-state index contributed by atoms with van der Waals surface area (Å²) in [7, 11) is 0. The molecule has 2 aromatic heterocycles. The van der Waals surface area contributed by atoms with Gasteiger partial charge in [-0.1, -0.05) is 140 Å². The van der Waals surface area contributed by atoms with Gasteiger partial charge in [0, 0.05) is 38.7 Å². The van der Waals surface area contributed by atoms with Gasteiger partial charge in [-0.2, -0.15) is 0 Å². The van der Waals surface area contributed by atoms with Crippen molar-refractivity contribution in [3.63, 3.8) is 0 Å². The summed E-state index contributed by atoms with van der Waals surface area (Å²) in [6, 6.07) is 72.5. The van der Waals surface area contributed by atoms with E-state index in [9.17, 15) is 0 Å². The largest absolute Gasteiger partial charge is 0.453 e. The molecule has 0 amide bonds. The molecule has 9 aromatic carbocycles. The van der Waals surface area contributed by atoms with Gasteiger partial charge in [0.25, 0.3) is 0 Å². The summed E-state index contributed by atoms with van der Waals surface area (Å²) in [5.74, 6) is 2.33. The first kappa shape index (κ1) is 33.2. The van der Waals surface area contributed by atoms with E-state index in [0.29, 0.717) is 5.82 Å². The molecule has 0 saturated heterocycles. The van der Waals surface area contributed by atoms with Crippen LogP contribution in [0.4, 0.5) is 17.1 Å². The molecular weight excluding hydrogens is 721 g/mol. The lowest BCUT2D eigenvalue weighted by Crippen LogP contribution is -2.15. The second kappa shape index (κ2) is 13.3. The highest BCUT2D eigenvalue weighted by atomic mass is 16.5. The molecule has 0 spiro atoms. The summed E-state index contributed by atoms with van der Waals surface area (Å²) < 4.78 is 9.02. The lowest BCUT2D eigenvalue weighted by atomic mass is 10.00. The zero-order valence-electron chi connectivity index (χ0n) is 31.8. The lowest BCUT2D eigenvalue weighted by molar-refractivity contribution is 0.477. The first-order chi connectivity index (χ1) is 29.2. The van der Waals surface area contributed by atoms with E-state index in [1.54, 1.807) is 0 Å². The standard InChI is InChI=1S/C54H34N4O/c1-3-15-36(16-4-1)53-43-22-9-10-23-45(43)55-54(56-53)39-17-13-20-41(32-39)58-48-31-27-35-14-7-8-21-42(35)52(48)44-29-26-37(33-49(44)58)38-28-30-47-51(34-38)59-50-25-12-11-24-46(50)57(47)40-18-5-2-6-19-40/h1-34H. The van der Waals surface area contributed by atoms with Gasteiger partial charge in [-0.3, -0.25) is 0 Å². The number of benzene rings is 9. The van der Waals surface area contributed by atoms with Gasteiger partial charge in [0.05, 0.1) is 33.6 Å². The molecule has 0 aliphatic carbocycles. The van der Waals surface area contributed by atoms with Crippen LogP contribution in [0.25, 0.3) is 82.9 Å². The predicted octanol–water partition coefficient (Wildman–Crippen LogP) is 14.5. The van der Waals surface area contributed by atoms with Crippen LogP contribution in [0.3, 0.4) is 0 Å². The van der Waals surface area contributed by atoms with E-state index >= 15 is 0 Å². The highest BCUT2D eigenvalue weighted by Gasteiger charge is 2.26. The molecule has 0 fully saturated rings. The number of fused-ring (bicyclic) bond motifs is 8. The summed E-state index contributed by atoms with van der Waals surface area (Å²) >= 11 is 0. The van der Waals surface area contributed by atoms with Crippen molar-refractivity contribution in [2.75, 3.05) is 4.90 Å². The maximum absolute atomic E-state index is 6.63. The minimum Gasteiger partial charge on any atom is -0.453 e. The van der Waals surface area contributed by atoms with Crippen molar-refractivity contribution in [1.29, 1.82) is 0 Å². The minimum absolute atomic E-state index is 0.691. The summed E-state index contributed by atoms with van der Waals surface area (Å²) in [6.45, 7) is 0. The number of hydrogen-bond acceptors (Lipinski definition) is 4. The Morgan fingerprint density at radius 1 is 0.390 bits per heavy atom. The van der Waals surface area contributed by atoms with Crippen LogP contribution >= 0.6 is 0 Å². The highest BCUT2D eigenvalue weighted by molar-refractivity contribution is 6.21. The molecule has 59 heavy (non-hydrogen) atoms. The zero-order chi connectivity index (χ0) is 38.9. The second-order valence-electron chi connectivity index (χ2n) is 15.0. The Hall–Kier alpha value is -8.02. The number of anilines is 3. The fraction of sp³-hybridized carbons (Fsp3) is 0. The Balaban J connectivity index is 1.04. The second-order valence-corrected chi connectivity index (χ2v) is 15.0. The molecule has 5 heteroatoms. The van der Waals surface area contributed by atoms with Gasteiger partial charge < -0.3 is 14.2 Å². The van der Waals surface area contributed by atoms with Crippen LogP contribution in [0.15, 0.2) is 206 Å². The fourth-order valence-electron chi connectivity index (χ4n) is 8.84. The Morgan fingerprint density at radius 2 is 1.08 bits per heavy atom. The van der Waals surface area contributed by atoms with Crippen molar-refractivity contribution < 1.29 is 4.74 Å². The smallest absolute Gasteiger partial charge is 0.160 e. The van der Waals surface area contributed by atoms with Crippen molar-refractivity contribution in [2.24, 2.45) is 0 Å². The van der Waals surface area contributed by atoms with Crippen LogP contribution in [0.1, 0.15) is 0 Å². The molecule has 1 aliphatic heterocycles. The highest BCUT2D eigenvalue weighted by Crippen LogP contribution is 2.51. The van der Waals surface area contributed by atoms with Crippen LogP contribution in [-0.4, -0.2) is 14.5 Å². The summed E-state index contributed by atoms with van der Waals surface area (Å²) in [5, 5.41) is 5.89. The van der Waals surface area contributed by atoms with Gasteiger partial charge in [0.15, 0.2) is 17.3 Å². The third-order valence-electron chi connectivity index (χ3n) is 11.5. The number of rotatable bonds is 5. The molecule has 0 unspecified atom stereocenters. The van der Waals surface area contributed by atoms with Crippen molar-refractivity contribution in [3.05, 3.63) is 206 Å². The van der Waals surface area contributed by atoms with Crippen molar-refractivity contribution in [3.8, 4) is 51.0 Å². The van der Waals surface area contributed by atoms with Gasteiger partial charge in [0.2, 0.25) is 0 Å². The van der Waals surface area contributed by atoms with Gasteiger partial charge in [0.1, 0.15) is 0 Å². The monoisotopic (exact) mass is 754 g/mol. The Morgan fingerprint density at radius 3 is 1.98 bits per heavy atom. The van der Waals surface area contributed by atoms with Crippen LogP contribution in [-0.2, 0) is 0 Å². The molecule has 12 rings (SSSR count). The first-order valence-corrected chi connectivity index (χ1v) is 19.9. The maximum atomic E-state index is 6.63. The maximum Gasteiger partial charge on any atom is 0.160 e. The summed E-state index contributed by atoms with van der Waals surface area (Å²) in [6.07, 6.45) is 0. The SMILES string of the molecule is c1ccc(-c2nc(-c3cccc(-n4c5cc(-c6ccc7c(c6)Oc6ccccc6N7c6ccccc6)ccc5c5c6ccccc6ccc54)c3)nc3ccccc23)cc1. The molecule has 0 N–H and O–H groups in total. The summed E-state index contributed by atoms with van der Waals surface area (Å²) in [5.41, 5.74) is 12.4. The van der Waals surface area contributed by atoms with Crippen LogP contribution < -0.4 is 9.64 Å². The van der Waals surface area contributed by atoms with Gasteiger partial charge in [-0.05, 0) is 88.6 Å². The van der Waals surface area contributed by atoms with Crippen molar-refractivity contribution >= 4 is 60.5 Å². The number of ether oxygens (including phenoxy) is 1. The molecule has 11 aromatic rings. The quantitative estimate of drug-likeness (QED) is 0.175. The number of nitrogens with zero attached hydrogens (tertiary/aromatic N) is 4. The van der Waals surface area contributed by atoms with Crippen LogP contribution in [0.2, 0.25) is 0 Å². The van der Waals surface area contributed by atoms with Gasteiger partial charge in [-0.15, -0.1) is 0 Å². The predicted molar refractivity (Wildman–Crippen MR) is 242 cm³/mol. The molecule has 5 nitrogen and oxygen atoms in total. The first-order valence-electron chi connectivity index (χ1n) is 19.9. The molecule has 3 heterocycles. The normalized spacial score (nSPS) is 12.2. The van der Waals surface area contributed by atoms with Crippen molar-refractivity contribution in [2.45, 2.75) is 0 Å². The Kier molecular flexibility index (Phi) is 7.47. The van der Waals surface area contributed by atoms with E-state index in [1.165, 1.54) is 21.5 Å². The molecule has 0 atom stereocenters. The van der Waals surface area contributed by atoms with E-state index < -0.39 is 0 Å².